The van der Waals surface area contributed by atoms with Gasteiger partial charge in [0, 0.05) is 0 Å². The van der Waals surface area contributed by atoms with Crippen LogP contribution in [-0.2, 0) is 11.3 Å². The van der Waals surface area contributed by atoms with Crippen LogP contribution in [0, 0.1) is 6.92 Å². The van der Waals surface area contributed by atoms with Crippen LogP contribution in [0.5, 0.6) is 0 Å². The Balaban J connectivity index is 1.48. The summed E-state index contributed by atoms with van der Waals surface area (Å²) in [6, 6.07) is 10.8. The summed E-state index contributed by atoms with van der Waals surface area (Å²) in [6.45, 7) is 2.08. The van der Waals surface area contributed by atoms with E-state index in [1.807, 2.05) is 31.2 Å². The van der Waals surface area contributed by atoms with Crippen LogP contribution >= 0.6 is 0 Å². The molecular weight excluding hydrogens is 320 g/mol. The van der Waals surface area contributed by atoms with Crippen molar-refractivity contribution in [3.05, 3.63) is 65.7 Å². The molecule has 0 radical (unpaired) electrons. The van der Waals surface area contributed by atoms with Crippen molar-refractivity contribution in [2.75, 3.05) is 0 Å². The van der Waals surface area contributed by atoms with Crippen molar-refractivity contribution < 1.29 is 9.53 Å². The van der Waals surface area contributed by atoms with Gasteiger partial charge < -0.3 is 4.74 Å². The van der Waals surface area contributed by atoms with Crippen molar-refractivity contribution in [3.63, 3.8) is 0 Å². The van der Waals surface area contributed by atoms with Crippen molar-refractivity contribution in [1.29, 1.82) is 0 Å². The molecule has 4 rings (SSSR count). The van der Waals surface area contributed by atoms with Gasteiger partial charge in [-0.25, -0.2) is 14.5 Å². The molecule has 0 amide bonds. The van der Waals surface area contributed by atoms with Crippen molar-refractivity contribution >= 4 is 17.0 Å². The molecule has 0 aliphatic rings. The number of fused-ring (bicyclic) bond motifs is 1. The summed E-state index contributed by atoms with van der Waals surface area (Å²) >= 11 is 0. The molecule has 0 saturated carbocycles. The first-order chi connectivity index (χ1) is 12.2. The summed E-state index contributed by atoms with van der Waals surface area (Å²) in [7, 11) is 0. The first-order valence-electron chi connectivity index (χ1n) is 7.63. The van der Waals surface area contributed by atoms with Crippen LogP contribution in [0.15, 0.2) is 49.1 Å². The van der Waals surface area contributed by atoms with Gasteiger partial charge in [-0.1, -0.05) is 6.07 Å². The molecule has 4 aromatic rings. The predicted octanol–water partition coefficient (Wildman–Crippen LogP) is 2.20. The number of rotatable bonds is 4. The Labute approximate surface area is 142 Å². The number of ether oxygens (including phenoxy) is 1. The van der Waals surface area contributed by atoms with Gasteiger partial charge in [0.1, 0.15) is 30.3 Å². The summed E-state index contributed by atoms with van der Waals surface area (Å²) < 4.78 is 7.04. The molecule has 124 valence electrons. The van der Waals surface area contributed by atoms with E-state index in [0.29, 0.717) is 5.56 Å². The van der Waals surface area contributed by atoms with Crippen molar-refractivity contribution in [2.45, 2.75) is 13.5 Å². The second-order valence-corrected chi connectivity index (χ2v) is 5.56. The molecule has 0 spiro atoms. The third kappa shape index (κ3) is 2.97. The molecule has 0 fully saturated rings. The lowest BCUT2D eigenvalue weighted by atomic mass is 10.1. The molecule has 8 nitrogen and oxygen atoms in total. The van der Waals surface area contributed by atoms with E-state index in [4.69, 9.17) is 4.74 Å². The van der Waals surface area contributed by atoms with E-state index in [2.05, 4.69) is 25.5 Å². The quantitative estimate of drug-likeness (QED) is 0.575. The van der Waals surface area contributed by atoms with E-state index in [1.165, 1.54) is 6.33 Å². The zero-order chi connectivity index (χ0) is 17.2. The lowest BCUT2D eigenvalue weighted by Gasteiger charge is -2.09. The first-order valence-corrected chi connectivity index (χ1v) is 7.63. The Morgan fingerprint density at radius 2 is 2.04 bits per heavy atom. The molecular formula is C17H14N6O2. The van der Waals surface area contributed by atoms with Crippen LogP contribution in [-0.4, -0.2) is 36.1 Å². The molecule has 2 aromatic heterocycles. The van der Waals surface area contributed by atoms with Gasteiger partial charge in [-0.15, -0.1) is 0 Å². The lowest BCUT2D eigenvalue weighted by molar-refractivity contribution is 0.0472. The van der Waals surface area contributed by atoms with Crippen molar-refractivity contribution in [1.82, 2.24) is 30.2 Å². The van der Waals surface area contributed by atoms with E-state index in [9.17, 15) is 4.79 Å². The number of aromatic amines is 1. The largest absolute Gasteiger partial charge is 0.457 e. The van der Waals surface area contributed by atoms with Crippen molar-refractivity contribution in [3.8, 4) is 5.69 Å². The standard InChI is InChI=1S/C17H14N6O2/c1-11-6-13(3-5-16(11)23-10-18-9-19-23)17(24)25-8-12-2-4-14-15(7-12)21-22-20-14/h2-7,9-10H,8H2,1H3,(H,20,21,22). The molecule has 2 heterocycles. The Kier molecular flexibility index (Phi) is 3.70. The van der Waals surface area contributed by atoms with Gasteiger partial charge in [-0.05, 0) is 48.4 Å². The number of nitrogens with zero attached hydrogens (tertiary/aromatic N) is 5. The van der Waals surface area contributed by atoms with Crippen LogP contribution in [0.1, 0.15) is 21.5 Å². The molecule has 0 unspecified atom stereocenters. The van der Waals surface area contributed by atoms with Crippen LogP contribution in [0.3, 0.4) is 0 Å². The van der Waals surface area contributed by atoms with Crippen molar-refractivity contribution in [2.24, 2.45) is 0 Å². The van der Waals surface area contributed by atoms with E-state index in [0.717, 1.165) is 27.8 Å². The van der Waals surface area contributed by atoms with Gasteiger partial charge in [-0.2, -0.15) is 20.5 Å². The van der Waals surface area contributed by atoms with E-state index in [-0.39, 0.29) is 12.6 Å². The Morgan fingerprint density at radius 3 is 2.84 bits per heavy atom. The fourth-order valence-corrected chi connectivity index (χ4v) is 2.58. The molecule has 25 heavy (non-hydrogen) atoms. The third-order valence-electron chi connectivity index (χ3n) is 3.85. The number of aryl methyl sites for hydroxylation is 1. The maximum atomic E-state index is 12.3. The van der Waals surface area contributed by atoms with E-state index < -0.39 is 0 Å². The predicted molar refractivity (Wildman–Crippen MR) is 89.1 cm³/mol. The minimum Gasteiger partial charge on any atom is -0.457 e. The Hall–Kier alpha value is -3.55. The number of aromatic nitrogens is 6. The number of H-pyrrole nitrogens is 1. The minimum absolute atomic E-state index is 0.172. The monoisotopic (exact) mass is 334 g/mol. The summed E-state index contributed by atoms with van der Waals surface area (Å²) in [4.78, 5) is 16.2. The topological polar surface area (TPSA) is 98.6 Å². The second kappa shape index (κ2) is 6.16. The molecule has 0 aliphatic heterocycles. The third-order valence-corrected chi connectivity index (χ3v) is 3.85. The van der Waals surface area contributed by atoms with Gasteiger partial charge >= 0.3 is 5.97 Å². The SMILES string of the molecule is Cc1cc(C(=O)OCc2ccc3n[nH]nc3c2)ccc1-n1cncn1. The zero-order valence-corrected chi connectivity index (χ0v) is 13.4. The second-order valence-electron chi connectivity index (χ2n) is 5.56. The van der Waals surface area contributed by atoms with E-state index in [1.54, 1.807) is 23.1 Å². The number of benzene rings is 2. The lowest BCUT2D eigenvalue weighted by Crippen LogP contribution is -2.07. The highest BCUT2D eigenvalue weighted by atomic mass is 16.5. The smallest absolute Gasteiger partial charge is 0.338 e. The molecule has 8 heteroatoms. The van der Waals surface area contributed by atoms with Crippen LogP contribution in [0.4, 0.5) is 0 Å². The summed E-state index contributed by atoms with van der Waals surface area (Å²) in [5.41, 5.74) is 4.63. The molecule has 2 aromatic carbocycles. The number of esters is 1. The maximum absolute atomic E-state index is 12.3. The number of hydrogen-bond acceptors (Lipinski definition) is 6. The number of carbonyl (C=O) groups excluding carboxylic acids is 1. The highest BCUT2D eigenvalue weighted by Crippen LogP contribution is 2.17. The fraction of sp³-hybridized carbons (Fsp3) is 0.118. The van der Waals surface area contributed by atoms with Gasteiger partial charge in [0.25, 0.3) is 0 Å². The molecule has 0 bridgehead atoms. The van der Waals surface area contributed by atoms with Gasteiger partial charge in [0.05, 0.1) is 11.3 Å². The zero-order valence-electron chi connectivity index (χ0n) is 13.4. The maximum Gasteiger partial charge on any atom is 0.338 e. The summed E-state index contributed by atoms with van der Waals surface area (Å²) in [5.74, 6) is -0.381. The number of carbonyl (C=O) groups is 1. The summed E-state index contributed by atoms with van der Waals surface area (Å²) in [5, 5.41) is 14.7. The highest BCUT2D eigenvalue weighted by Gasteiger charge is 2.11. The fourth-order valence-electron chi connectivity index (χ4n) is 2.58. The number of nitrogens with one attached hydrogen (secondary N) is 1. The van der Waals surface area contributed by atoms with E-state index >= 15 is 0 Å². The van der Waals surface area contributed by atoms with Gasteiger partial charge in [0.2, 0.25) is 0 Å². The molecule has 1 N–H and O–H groups in total. The summed E-state index contributed by atoms with van der Waals surface area (Å²) in [6.07, 6.45) is 3.08. The molecule has 0 saturated heterocycles. The average molecular weight is 334 g/mol. The molecule has 0 atom stereocenters. The van der Waals surface area contributed by atoms with Gasteiger partial charge in [0.15, 0.2) is 0 Å². The minimum atomic E-state index is -0.381. The number of hydrogen-bond donors (Lipinski definition) is 1. The molecule has 0 aliphatic carbocycles. The van der Waals surface area contributed by atoms with Crippen LogP contribution in [0.2, 0.25) is 0 Å². The average Bonchev–Trinajstić information content (AvgIpc) is 3.30. The Bertz CT molecular complexity index is 1040. The van der Waals surface area contributed by atoms with Crippen LogP contribution in [0.25, 0.3) is 16.7 Å². The normalized spacial score (nSPS) is 10.9. The Morgan fingerprint density at radius 1 is 1.16 bits per heavy atom. The first kappa shape index (κ1) is 15.0. The highest BCUT2D eigenvalue weighted by molar-refractivity contribution is 5.90. The van der Waals surface area contributed by atoms with Crippen LogP contribution < -0.4 is 0 Å². The van der Waals surface area contributed by atoms with Gasteiger partial charge in [-0.3, -0.25) is 0 Å².